The molecule has 7 nitrogen and oxygen atoms in total. The largest absolute Gasteiger partial charge is 0.497 e. The number of benzene rings is 1. The van der Waals surface area contributed by atoms with Gasteiger partial charge in [-0.25, -0.2) is 14.8 Å². The van der Waals surface area contributed by atoms with Crippen LogP contribution in [0.5, 0.6) is 5.75 Å². The SMILES string of the molecule is COc1ccc(-c2csc(NC(=O)COC(=O)c3cnc(Cl)c(Cl)c3)n2)cc1. The standard InChI is InChI=1S/C18H13Cl2N3O4S/c1-26-12-4-2-10(3-5-12)14-9-28-18(22-14)23-15(24)8-27-17(25)11-6-13(19)16(20)21-7-11/h2-7,9H,8H2,1H3,(H,22,23,24). The number of ether oxygens (including phenoxy) is 2. The van der Waals surface area contributed by atoms with Gasteiger partial charge in [-0.2, -0.15) is 0 Å². The molecule has 0 radical (unpaired) electrons. The zero-order valence-corrected chi connectivity index (χ0v) is 16.8. The van der Waals surface area contributed by atoms with Crippen LogP contribution >= 0.6 is 34.5 Å². The van der Waals surface area contributed by atoms with E-state index in [1.54, 1.807) is 7.11 Å². The Kier molecular flexibility index (Phi) is 6.45. The number of carbonyl (C=O) groups is 2. The van der Waals surface area contributed by atoms with Crippen molar-refractivity contribution in [3.8, 4) is 17.0 Å². The van der Waals surface area contributed by atoms with Gasteiger partial charge in [-0.15, -0.1) is 11.3 Å². The van der Waals surface area contributed by atoms with Gasteiger partial charge in [0.2, 0.25) is 0 Å². The number of rotatable bonds is 6. The van der Waals surface area contributed by atoms with Crippen LogP contribution in [0.2, 0.25) is 10.2 Å². The van der Waals surface area contributed by atoms with Crippen LogP contribution < -0.4 is 10.1 Å². The van der Waals surface area contributed by atoms with Crippen LogP contribution in [-0.2, 0) is 9.53 Å². The van der Waals surface area contributed by atoms with E-state index in [9.17, 15) is 9.59 Å². The van der Waals surface area contributed by atoms with E-state index in [0.29, 0.717) is 10.8 Å². The van der Waals surface area contributed by atoms with E-state index in [2.05, 4.69) is 15.3 Å². The number of aromatic nitrogens is 2. The van der Waals surface area contributed by atoms with E-state index in [0.717, 1.165) is 11.3 Å². The third kappa shape index (κ3) is 4.98. The maximum absolute atomic E-state index is 12.0. The molecular formula is C18H13Cl2N3O4S. The summed E-state index contributed by atoms with van der Waals surface area (Å²) in [6, 6.07) is 8.70. The Balaban J connectivity index is 1.55. The molecule has 10 heteroatoms. The van der Waals surface area contributed by atoms with Crippen LogP contribution in [0.25, 0.3) is 11.3 Å². The number of hydrogen-bond donors (Lipinski definition) is 1. The Morgan fingerprint density at radius 2 is 1.96 bits per heavy atom. The molecular weight excluding hydrogens is 425 g/mol. The van der Waals surface area contributed by atoms with Crippen molar-refractivity contribution in [1.29, 1.82) is 0 Å². The fourth-order valence-corrected chi connectivity index (χ4v) is 3.13. The van der Waals surface area contributed by atoms with Crippen molar-refractivity contribution >= 4 is 51.5 Å². The highest BCUT2D eigenvalue weighted by atomic mass is 35.5. The number of esters is 1. The van der Waals surface area contributed by atoms with Crippen LogP contribution in [0.15, 0.2) is 41.9 Å². The zero-order valence-electron chi connectivity index (χ0n) is 14.4. The van der Waals surface area contributed by atoms with Gasteiger partial charge in [-0.05, 0) is 30.3 Å². The number of thiazole rings is 1. The topological polar surface area (TPSA) is 90.4 Å². The molecule has 0 saturated carbocycles. The van der Waals surface area contributed by atoms with Crippen molar-refractivity contribution in [1.82, 2.24) is 9.97 Å². The molecule has 0 atom stereocenters. The van der Waals surface area contributed by atoms with Crippen LogP contribution in [0.3, 0.4) is 0 Å². The molecule has 1 amide bonds. The van der Waals surface area contributed by atoms with Crippen molar-refractivity contribution in [3.63, 3.8) is 0 Å². The molecule has 0 bridgehead atoms. The molecule has 0 saturated heterocycles. The summed E-state index contributed by atoms with van der Waals surface area (Å²) >= 11 is 12.8. The summed E-state index contributed by atoms with van der Waals surface area (Å²) in [5, 5.41) is 4.98. The first-order chi connectivity index (χ1) is 13.5. The third-order valence-corrected chi connectivity index (χ3v) is 4.95. The molecule has 0 fully saturated rings. The van der Waals surface area contributed by atoms with Crippen LogP contribution in [0, 0.1) is 0 Å². The van der Waals surface area contributed by atoms with Gasteiger partial charge in [0.05, 0.1) is 23.4 Å². The monoisotopic (exact) mass is 437 g/mol. The molecule has 2 heterocycles. The minimum absolute atomic E-state index is 0.0763. The molecule has 1 aromatic carbocycles. The summed E-state index contributed by atoms with van der Waals surface area (Å²) in [5.74, 6) is -0.511. The normalized spacial score (nSPS) is 10.4. The molecule has 3 aromatic rings. The van der Waals surface area contributed by atoms with Crippen LogP contribution in [-0.4, -0.2) is 35.6 Å². The Morgan fingerprint density at radius 3 is 2.64 bits per heavy atom. The molecule has 2 aromatic heterocycles. The molecule has 1 N–H and O–H groups in total. The molecule has 0 aliphatic carbocycles. The molecule has 28 heavy (non-hydrogen) atoms. The molecule has 0 unspecified atom stereocenters. The average Bonchev–Trinajstić information content (AvgIpc) is 3.16. The third-order valence-electron chi connectivity index (χ3n) is 3.50. The second kappa shape index (κ2) is 9.01. The predicted octanol–water partition coefficient (Wildman–Crippen LogP) is 4.32. The van der Waals surface area contributed by atoms with E-state index in [4.69, 9.17) is 32.7 Å². The number of pyridine rings is 1. The van der Waals surface area contributed by atoms with Crippen molar-refractivity contribution in [3.05, 3.63) is 57.6 Å². The second-order valence-electron chi connectivity index (χ2n) is 5.39. The van der Waals surface area contributed by atoms with Gasteiger partial charge in [0.15, 0.2) is 11.7 Å². The summed E-state index contributed by atoms with van der Waals surface area (Å²) in [6.07, 6.45) is 1.22. The van der Waals surface area contributed by atoms with Gasteiger partial charge in [-0.1, -0.05) is 23.2 Å². The van der Waals surface area contributed by atoms with Crippen molar-refractivity contribution in [2.75, 3.05) is 19.0 Å². The first kappa shape index (κ1) is 20.1. The lowest BCUT2D eigenvalue weighted by Gasteiger charge is -2.05. The summed E-state index contributed by atoms with van der Waals surface area (Å²) in [4.78, 5) is 32.0. The van der Waals surface area contributed by atoms with Gasteiger partial charge in [0.25, 0.3) is 5.91 Å². The van der Waals surface area contributed by atoms with E-state index in [1.807, 2.05) is 29.6 Å². The van der Waals surface area contributed by atoms with E-state index >= 15 is 0 Å². The molecule has 0 aliphatic heterocycles. The smallest absolute Gasteiger partial charge is 0.340 e. The van der Waals surface area contributed by atoms with Gasteiger partial charge in [0, 0.05) is 17.1 Å². The van der Waals surface area contributed by atoms with Crippen molar-refractivity contribution in [2.24, 2.45) is 0 Å². The highest BCUT2D eigenvalue weighted by molar-refractivity contribution is 7.14. The number of nitrogens with zero attached hydrogens (tertiary/aromatic N) is 2. The Labute approximate surface area is 174 Å². The maximum atomic E-state index is 12.0. The lowest BCUT2D eigenvalue weighted by atomic mass is 10.2. The summed E-state index contributed by atoms with van der Waals surface area (Å²) in [5.41, 5.74) is 1.69. The summed E-state index contributed by atoms with van der Waals surface area (Å²) in [6.45, 7) is -0.476. The minimum atomic E-state index is -0.737. The number of halogens is 2. The first-order valence-corrected chi connectivity index (χ1v) is 9.48. The number of methoxy groups -OCH3 is 1. The number of amides is 1. The average molecular weight is 438 g/mol. The lowest BCUT2D eigenvalue weighted by Crippen LogP contribution is -2.21. The Hall–Kier alpha value is -2.68. The minimum Gasteiger partial charge on any atom is -0.497 e. The quantitative estimate of drug-likeness (QED) is 0.456. The molecule has 0 spiro atoms. The van der Waals surface area contributed by atoms with E-state index in [1.165, 1.54) is 23.6 Å². The van der Waals surface area contributed by atoms with Gasteiger partial charge < -0.3 is 9.47 Å². The van der Waals surface area contributed by atoms with Gasteiger partial charge >= 0.3 is 5.97 Å². The Bertz CT molecular complexity index is 1010. The number of carbonyl (C=O) groups excluding carboxylic acids is 2. The van der Waals surface area contributed by atoms with Gasteiger partial charge in [0.1, 0.15) is 10.9 Å². The first-order valence-electron chi connectivity index (χ1n) is 7.84. The lowest BCUT2D eigenvalue weighted by molar-refractivity contribution is -0.119. The fraction of sp³-hybridized carbons (Fsp3) is 0.111. The maximum Gasteiger partial charge on any atom is 0.340 e. The second-order valence-corrected chi connectivity index (χ2v) is 7.01. The van der Waals surface area contributed by atoms with Crippen LogP contribution in [0.1, 0.15) is 10.4 Å². The van der Waals surface area contributed by atoms with Gasteiger partial charge in [-0.3, -0.25) is 10.1 Å². The Morgan fingerprint density at radius 1 is 1.21 bits per heavy atom. The molecule has 0 aliphatic rings. The van der Waals surface area contributed by atoms with E-state index in [-0.39, 0.29) is 15.7 Å². The van der Waals surface area contributed by atoms with Crippen molar-refractivity contribution in [2.45, 2.75) is 0 Å². The zero-order chi connectivity index (χ0) is 20.1. The highest BCUT2D eigenvalue weighted by Gasteiger charge is 2.14. The highest BCUT2D eigenvalue weighted by Crippen LogP contribution is 2.26. The summed E-state index contributed by atoms with van der Waals surface area (Å²) < 4.78 is 10.1. The molecule has 144 valence electrons. The van der Waals surface area contributed by atoms with E-state index < -0.39 is 18.5 Å². The summed E-state index contributed by atoms with van der Waals surface area (Å²) in [7, 11) is 1.59. The number of nitrogens with one attached hydrogen (secondary N) is 1. The van der Waals surface area contributed by atoms with Crippen LogP contribution in [0.4, 0.5) is 5.13 Å². The number of anilines is 1. The number of hydrogen-bond acceptors (Lipinski definition) is 7. The predicted molar refractivity (Wildman–Crippen MR) is 107 cm³/mol. The fourth-order valence-electron chi connectivity index (χ4n) is 2.13. The van der Waals surface area contributed by atoms with Crippen molar-refractivity contribution < 1.29 is 19.1 Å². The molecule has 3 rings (SSSR count).